The molecule has 1 aliphatic heterocycles. The second kappa shape index (κ2) is 5.65. The van der Waals surface area contributed by atoms with Crippen LogP contribution in [0.25, 0.3) is 0 Å². The van der Waals surface area contributed by atoms with Crippen LogP contribution in [0, 0.1) is 6.92 Å². The van der Waals surface area contributed by atoms with Gasteiger partial charge in [-0.1, -0.05) is 10.4 Å². The summed E-state index contributed by atoms with van der Waals surface area (Å²) in [7, 11) is 0. The predicted molar refractivity (Wildman–Crippen MR) is 72.2 cm³/mol. The van der Waals surface area contributed by atoms with Gasteiger partial charge in [-0.25, -0.2) is 9.48 Å². The van der Waals surface area contributed by atoms with Crippen LogP contribution in [-0.2, 0) is 6.54 Å². The number of hydrogen-bond acceptors (Lipinski definition) is 6. The van der Waals surface area contributed by atoms with Gasteiger partial charge in [0, 0.05) is 12.0 Å². The molecule has 2 aromatic rings. The van der Waals surface area contributed by atoms with Crippen LogP contribution in [-0.4, -0.2) is 44.3 Å². The van der Waals surface area contributed by atoms with Gasteiger partial charge in [0.1, 0.15) is 6.54 Å². The Labute approximate surface area is 121 Å². The highest BCUT2D eigenvalue weighted by Gasteiger charge is 2.28. The van der Waals surface area contributed by atoms with E-state index < -0.39 is 5.97 Å². The molecule has 1 fully saturated rings. The molecule has 8 nitrogen and oxygen atoms in total. The van der Waals surface area contributed by atoms with E-state index in [-0.39, 0.29) is 11.6 Å². The van der Waals surface area contributed by atoms with Gasteiger partial charge in [-0.15, -0.1) is 5.10 Å². The number of aromatic carboxylic acids is 1. The van der Waals surface area contributed by atoms with Crippen LogP contribution in [0.15, 0.2) is 10.6 Å². The van der Waals surface area contributed by atoms with Crippen LogP contribution < -0.4 is 5.32 Å². The zero-order valence-electron chi connectivity index (χ0n) is 11.7. The summed E-state index contributed by atoms with van der Waals surface area (Å²) in [5, 5.41) is 24.2. The molecule has 3 heterocycles. The zero-order chi connectivity index (χ0) is 14.8. The zero-order valence-corrected chi connectivity index (χ0v) is 11.7. The first-order chi connectivity index (χ1) is 10.1. The van der Waals surface area contributed by atoms with Crippen molar-refractivity contribution < 1.29 is 14.4 Å². The maximum atomic E-state index is 11.4. The lowest BCUT2D eigenvalue weighted by Gasteiger charge is -2.23. The maximum absolute atomic E-state index is 11.4. The predicted octanol–water partition coefficient (Wildman–Crippen LogP) is 0.788. The molecule has 8 heteroatoms. The molecule has 0 bridgehead atoms. The number of carbonyl (C=O) groups is 1. The first kappa shape index (κ1) is 13.7. The molecule has 2 N–H and O–H groups in total. The molecule has 0 unspecified atom stereocenters. The molecule has 21 heavy (non-hydrogen) atoms. The van der Waals surface area contributed by atoms with Gasteiger partial charge in [0.15, 0.2) is 11.5 Å². The third-order valence-corrected chi connectivity index (χ3v) is 3.68. The maximum Gasteiger partial charge on any atom is 0.358 e. The molecule has 0 atom stereocenters. The van der Waals surface area contributed by atoms with Crippen molar-refractivity contribution in [1.82, 2.24) is 25.5 Å². The molecular weight excluding hydrogens is 274 g/mol. The van der Waals surface area contributed by atoms with Gasteiger partial charge in [-0.3, -0.25) is 0 Å². The lowest BCUT2D eigenvalue weighted by atomic mass is 9.93. The van der Waals surface area contributed by atoms with Crippen molar-refractivity contribution in [3.8, 4) is 0 Å². The highest BCUT2D eigenvalue weighted by Crippen LogP contribution is 2.27. The minimum atomic E-state index is -1.04. The Morgan fingerprint density at radius 1 is 1.52 bits per heavy atom. The second-order valence-electron chi connectivity index (χ2n) is 5.24. The smallest absolute Gasteiger partial charge is 0.358 e. The normalized spacial score (nSPS) is 16.2. The minimum Gasteiger partial charge on any atom is -0.476 e. The Morgan fingerprint density at radius 3 is 2.90 bits per heavy atom. The first-order valence-electron chi connectivity index (χ1n) is 6.94. The molecule has 112 valence electrons. The standard InChI is InChI=1S/C13H17N5O3/c1-8-6-10(21-16-8)7-18-12(9-2-4-14-5-3-9)11(13(19)20)15-17-18/h6,9,14H,2-5,7H2,1H3,(H,19,20). The minimum absolute atomic E-state index is 0.0399. The second-order valence-corrected chi connectivity index (χ2v) is 5.24. The highest BCUT2D eigenvalue weighted by atomic mass is 16.5. The van der Waals surface area contributed by atoms with Crippen LogP contribution in [0.3, 0.4) is 0 Å². The van der Waals surface area contributed by atoms with E-state index in [1.54, 1.807) is 4.68 Å². The Balaban J connectivity index is 1.93. The van der Waals surface area contributed by atoms with Gasteiger partial charge < -0.3 is 14.9 Å². The van der Waals surface area contributed by atoms with Gasteiger partial charge >= 0.3 is 5.97 Å². The summed E-state index contributed by atoms with van der Waals surface area (Å²) in [4.78, 5) is 11.4. The van der Waals surface area contributed by atoms with E-state index in [1.807, 2.05) is 13.0 Å². The van der Waals surface area contributed by atoms with Crippen molar-refractivity contribution in [1.29, 1.82) is 0 Å². The average Bonchev–Trinajstić information content (AvgIpc) is 3.07. The van der Waals surface area contributed by atoms with Crippen molar-refractivity contribution >= 4 is 5.97 Å². The van der Waals surface area contributed by atoms with Crippen molar-refractivity contribution in [3.63, 3.8) is 0 Å². The van der Waals surface area contributed by atoms with Crippen molar-refractivity contribution in [2.75, 3.05) is 13.1 Å². The summed E-state index contributed by atoms with van der Waals surface area (Å²) in [6, 6.07) is 1.81. The number of piperidine rings is 1. The number of carboxylic acid groups (broad SMARTS) is 1. The van der Waals surface area contributed by atoms with E-state index in [9.17, 15) is 9.90 Å². The van der Waals surface area contributed by atoms with Crippen LogP contribution in [0.2, 0.25) is 0 Å². The molecule has 1 saturated heterocycles. The van der Waals surface area contributed by atoms with Crippen molar-refractivity contribution in [2.24, 2.45) is 0 Å². The van der Waals surface area contributed by atoms with Gasteiger partial charge in [0.25, 0.3) is 0 Å². The average molecular weight is 291 g/mol. The fourth-order valence-electron chi connectivity index (χ4n) is 2.73. The molecule has 0 aliphatic carbocycles. The monoisotopic (exact) mass is 291 g/mol. The van der Waals surface area contributed by atoms with Gasteiger partial charge in [-0.05, 0) is 32.9 Å². The molecule has 3 rings (SSSR count). The molecule has 0 spiro atoms. The van der Waals surface area contributed by atoms with Gasteiger partial charge in [0.05, 0.1) is 11.4 Å². The number of nitrogens with zero attached hydrogens (tertiary/aromatic N) is 4. The molecule has 1 aliphatic rings. The van der Waals surface area contributed by atoms with Crippen molar-refractivity contribution in [3.05, 3.63) is 28.9 Å². The number of aromatic nitrogens is 4. The summed E-state index contributed by atoms with van der Waals surface area (Å²) in [5.41, 5.74) is 1.50. The fourth-order valence-corrected chi connectivity index (χ4v) is 2.73. The fraction of sp³-hybridized carbons (Fsp3) is 0.538. The van der Waals surface area contributed by atoms with E-state index in [0.29, 0.717) is 18.0 Å². The molecule has 0 radical (unpaired) electrons. The molecule has 0 aromatic carbocycles. The summed E-state index contributed by atoms with van der Waals surface area (Å²) in [6.45, 7) is 3.93. The Hall–Kier alpha value is -2.22. The number of nitrogens with one attached hydrogen (secondary N) is 1. The molecule has 2 aromatic heterocycles. The number of aryl methyl sites for hydroxylation is 1. The third-order valence-electron chi connectivity index (χ3n) is 3.68. The van der Waals surface area contributed by atoms with E-state index in [2.05, 4.69) is 20.8 Å². The molecule has 0 saturated carbocycles. The summed E-state index contributed by atoms with van der Waals surface area (Å²) in [5.74, 6) is -0.246. The Morgan fingerprint density at radius 2 is 2.29 bits per heavy atom. The van der Waals surface area contributed by atoms with Crippen LogP contribution in [0.4, 0.5) is 0 Å². The summed E-state index contributed by atoms with van der Waals surface area (Å²) >= 11 is 0. The first-order valence-corrected chi connectivity index (χ1v) is 6.94. The van der Waals surface area contributed by atoms with Gasteiger partial charge in [-0.2, -0.15) is 0 Å². The molecular formula is C13H17N5O3. The topological polar surface area (TPSA) is 106 Å². The molecule has 0 amide bonds. The lowest BCUT2D eigenvalue weighted by molar-refractivity contribution is 0.0688. The summed E-state index contributed by atoms with van der Waals surface area (Å²) < 4.78 is 6.81. The largest absolute Gasteiger partial charge is 0.476 e. The van der Waals surface area contributed by atoms with Crippen LogP contribution in [0.1, 0.15) is 46.4 Å². The Kier molecular flexibility index (Phi) is 3.70. The number of carboxylic acids is 1. The lowest BCUT2D eigenvalue weighted by Crippen LogP contribution is -2.28. The number of rotatable bonds is 4. The van der Waals surface area contributed by atoms with E-state index >= 15 is 0 Å². The highest BCUT2D eigenvalue weighted by molar-refractivity contribution is 5.86. The quantitative estimate of drug-likeness (QED) is 0.857. The van der Waals surface area contributed by atoms with Crippen molar-refractivity contribution in [2.45, 2.75) is 32.2 Å². The third kappa shape index (κ3) is 2.80. The van der Waals surface area contributed by atoms with Crippen LogP contribution in [0.5, 0.6) is 0 Å². The Bertz CT molecular complexity index is 642. The van der Waals surface area contributed by atoms with E-state index in [4.69, 9.17) is 4.52 Å². The number of hydrogen-bond donors (Lipinski definition) is 2. The van der Waals surface area contributed by atoms with E-state index in [0.717, 1.165) is 31.6 Å². The summed E-state index contributed by atoms with van der Waals surface area (Å²) in [6.07, 6.45) is 1.76. The van der Waals surface area contributed by atoms with Gasteiger partial charge in [0.2, 0.25) is 0 Å². The SMILES string of the molecule is Cc1cc(Cn2nnc(C(=O)O)c2C2CCNCC2)on1. The van der Waals surface area contributed by atoms with Crippen LogP contribution >= 0.6 is 0 Å². The van der Waals surface area contributed by atoms with E-state index in [1.165, 1.54) is 0 Å².